The first-order chi connectivity index (χ1) is 13.2. The maximum absolute atomic E-state index is 12.6. The van der Waals surface area contributed by atoms with Gasteiger partial charge in [-0.25, -0.2) is 9.50 Å². The highest BCUT2D eigenvalue weighted by Gasteiger charge is 2.23. The number of aromatic nitrogens is 3. The van der Waals surface area contributed by atoms with Crippen molar-refractivity contribution in [3.8, 4) is 0 Å². The topological polar surface area (TPSA) is 62.5 Å². The maximum atomic E-state index is 12.6. The van der Waals surface area contributed by atoms with E-state index in [-0.39, 0.29) is 12.5 Å². The first-order valence-electron chi connectivity index (χ1n) is 9.55. The summed E-state index contributed by atoms with van der Waals surface area (Å²) in [6, 6.07) is 12.6. The third-order valence-electron chi connectivity index (χ3n) is 5.25. The Morgan fingerprint density at radius 2 is 2.00 bits per heavy atom. The van der Waals surface area contributed by atoms with Gasteiger partial charge in [0.05, 0.1) is 12.2 Å². The number of carbonyl (C=O) groups excluding carboxylic acids is 1. The highest BCUT2D eigenvalue weighted by molar-refractivity contribution is 5.82. The second-order valence-corrected chi connectivity index (χ2v) is 7.26. The Morgan fingerprint density at radius 1 is 1.22 bits per heavy atom. The van der Waals surface area contributed by atoms with Crippen molar-refractivity contribution in [2.24, 2.45) is 5.92 Å². The Kier molecular flexibility index (Phi) is 5.05. The highest BCUT2D eigenvalue weighted by Crippen LogP contribution is 2.22. The molecule has 1 aliphatic rings. The predicted octanol–water partition coefficient (Wildman–Crippen LogP) is 2.93. The number of nitrogens with one attached hydrogen (secondary N) is 1. The summed E-state index contributed by atoms with van der Waals surface area (Å²) in [5, 5.41) is 7.56. The molecule has 140 valence electrons. The van der Waals surface area contributed by atoms with Crippen LogP contribution in [0, 0.1) is 12.8 Å². The van der Waals surface area contributed by atoms with Crippen LogP contribution in [-0.4, -0.2) is 45.0 Å². The summed E-state index contributed by atoms with van der Waals surface area (Å²) in [6.07, 6.45) is 6.74. The number of nitrogens with zero attached hydrogens (tertiary/aromatic N) is 4. The zero-order valence-corrected chi connectivity index (χ0v) is 15.6. The first-order valence-corrected chi connectivity index (χ1v) is 9.55. The van der Waals surface area contributed by atoms with Gasteiger partial charge in [0, 0.05) is 25.5 Å². The van der Waals surface area contributed by atoms with Crippen LogP contribution in [0.1, 0.15) is 24.1 Å². The number of hydrogen-bond acceptors (Lipinski definition) is 4. The molecule has 3 aromatic rings. The lowest BCUT2D eigenvalue weighted by Crippen LogP contribution is -2.41. The van der Waals surface area contributed by atoms with Gasteiger partial charge in [0.15, 0.2) is 5.82 Å². The van der Waals surface area contributed by atoms with E-state index in [1.807, 2.05) is 24.1 Å². The molecule has 1 N–H and O–H groups in total. The molecule has 0 bridgehead atoms. The zero-order valence-electron chi connectivity index (χ0n) is 15.6. The van der Waals surface area contributed by atoms with E-state index in [1.165, 1.54) is 5.56 Å². The van der Waals surface area contributed by atoms with Crippen LogP contribution < -0.4 is 5.32 Å². The molecule has 1 amide bonds. The fourth-order valence-electron chi connectivity index (χ4n) is 3.79. The number of rotatable bonds is 5. The van der Waals surface area contributed by atoms with Crippen molar-refractivity contribution in [3.05, 3.63) is 60.0 Å². The average Bonchev–Trinajstić information content (AvgIpc) is 3.08. The van der Waals surface area contributed by atoms with Gasteiger partial charge in [-0.2, -0.15) is 5.10 Å². The summed E-state index contributed by atoms with van der Waals surface area (Å²) in [7, 11) is 0. The molecule has 0 radical (unpaired) electrons. The summed E-state index contributed by atoms with van der Waals surface area (Å²) in [5.41, 5.74) is 3.21. The number of aryl methyl sites for hydroxylation is 1. The first kappa shape index (κ1) is 17.5. The van der Waals surface area contributed by atoms with Crippen LogP contribution in [0.4, 0.5) is 5.82 Å². The third kappa shape index (κ3) is 4.10. The Morgan fingerprint density at radius 3 is 2.78 bits per heavy atom. The minimum Gasteiger partial charge on any atom is -0.359 e. The van der Waals surface area contributed by atoms with E-state index < -0.39 is 0 Å². The molecule has 0 spiro atoms. The maximum Gasteiger partial charge on any atom is 0.241 e. The molecule has 4 rings (SSSR count). The Balaban J connectivity index is 1.29. The second-order valence-electron chi connectivity index (χ2n) is 7.26. The molecule has 1 fully saturated rings. The number of amides is 1. The highest BCUT2D eigenvalue weighted by atomic mass is 16.2. The summed E-state index contributed by atoms with van der Waals surface area (Å²) in [6.45, 7) is 3.88. The van der Waals surface area contributed by atoms with E-state index in [1.54, 1.807) is 10.7 Å². The third-order valence-corrected chi connectivity index (χ3v) is 5.25. The van der Waals surface area contributed by atoms with Gasteiger partial charge in [-0.3, -0.25) is 4.79 Å². The van der Waals surface area contributed by atoms with Crippen molar-refractivity contribution >= 4 is 17.2 Å². The number of anilines is 1. The van der Waals surface area contributed by atoms with Gasteiger partial charge in [-0.1, -0.05) is 30.3 Å². The summed E-state index contributed by atoms with van der Waals surface area (Å²) in [4.78, 5) is 18.9. The number of fused-ring (bicyclic) bond motifs is 1. The lowest BCUT2D eigenvalue weighted by Gasteiger charge is -2.32. The lowest BCUT2D eigenvalue weighted by molar-refractivity contribution is -0.130. The van der Waals surface area contributed by atoms with Crippen molar-refractivity contribution in [2.75, 3.05) is 25.0 Å². The smallest absolute Gasteiger partial charge is 0.241 e. The molecular formula is C21H25N5O. The minimum atomic E-state index is 0.133. The molecule has 0 unspecified atom stereocenters. The van der Waals surface area contributed by atoms with Crippen molar-refractivity contribution in [1.82, 2.24) is 19.5 Å². The summed E-state index contributed by atoms with van der Waals surface area (Å²) >= 11 is 0. The van der Waals surface area contributed by atoms with Gasteiger partial charge < -0.3 is 10.2 Å². The molecule has 1 saturated heterocycles. The molecule has 2 aromatic heterocycles. The molecular weight excluding hydrogens is 338 g/mol. The monoisotopic (exact) mass is 363 g/mol. The molecule has 0 aliphatic carbocycles. The molecule has 3 heterocycles. The van der Waals surface area contributed by atoms with E-state index in [0.717, 1.165) is 43.6 Å². The zero-order chi connectivity index (χ0) is 18.6. The SMILES string of the molecule is Cc1cc2c(NCC(=O)N3CCC(Cc4ccccc4)CC3)nccn2n1. The van der Waals surface area contributed by atoms with Crippen LogP contribution in [0.2, 0.25) is 0 Å². The van der Waals surface area contributed by atoms with E-state index in [0.29, 0.717) is 11.7 Å². The average molecular weight is 363 g/mol. The van der Waals surface area contributed by atoms with Crippen LogP contribution in [0.25, 0.3) is 5.52 Å². The van der Waals surface area contributed by atoms with Crippen LogP contribution in [0.15, 0.2) is 48.8 Å². The number of carbonyl (C=O) groups is 1. The fraction of sp³-hybridized carbons (Fsp3) is 0.381. The molecule has 0 saturated carbocycles. The summed E-state index contributed by atoms with van der Waals surface area (Å²) < 4.78 is 1.78. The number of hydrogen-bond donors (Lipinski definition) is 1. The molecule has 6 nitrogen and oxygen atoms in total. The van der Waals surface area contributed by atoms with Crippen LogP contribution >= 0.6 is 0 Å². The number of benzene rings is 1. The normalized spacial score (nSPS) is 15.2. The van der Waals surface area contributed by atoms with Crippen LogP contribution in [0.5, 0.6) is 0 Å². The van der Waals surface area contributed by atoms with Crippen molar-refractivity contribution < 1.29 is 4.79 Å². The van der Waals surface area contributed by atoms with Gasteiger partial charge >= 0.3 is 0 Å². The van der Waals surface area contributed by atoms with Crippen LogP contribution in [-0.2, 0) is 11.2 Å². The Labute approximate surface area is 159 Å². The van der Waals surface area contributed by atoms with Gasteiger partial charge in [0.2, 0.25) is 5.91 Å². The van der Waals surface area contributed by atoms with Gasteiger partial charge in [-0.15, -0.1) is 0 Å². The Bertz CT molecular complexity index is 913. The fourth-order valence-corrected chi connectivity index (χ4v) is 3.79. The second kappa shape index (κ2) is 7.78. The standard InChI is InChI=1S/C21H25N5O/c1-16-13-19-21(22-9-12-26(19)24-16)23-15-20(27)25-10-7-18(8-11-25)14-17-5-3-2-4-6-17/h2-6,9,12-13,18H,7-8,10-11,14-15H2,1H3,(H,22,23). The molecule has 1 aromatic carbocycles. The Hall–Kier alpha value is -2.89. The number of likely N-dealkylation sites (tertiary alicyclic amines) is 1. The number of piperidine rings is 1. The van der Waals surface area contributed by atoms with Gasteiger partial charge in [0.1, 0.15) is 5.52 Å². The van der Waals surface area contributed by atoms with Gasteiger partial charge in [0.25, 0.3) is 0 Å². The largest absolute Gasteiger partial charge is 0.359 e. The van der Waals surface area contributed by atoms with E-state index in [2.05, 4.69) is 45.7 Å². The van der Waals surface area contributed by atoms with Crippen molar-refractivity contribution in [3.63, 3.8) is 0 Å². The molecule has 6 heteroatoms. The van der Waals surface area contributed by atoms with Crippen molar-refractivity contribution in [1.29, 1.82) is 0 Å². The molecule has 1 aliphatic heterocycles. The molecule has 0 atom stereocenters. The van der Waals surface area contributed by atoms with Crippen LogP contribution in [0.3, 0.4) is 0 Å². The quantitative estimate of drug-likeness (QED) is 0.757. The minimum absolute atomic E-state index is 0.133. The van der Waals surface area contributed by atoms with Crippen molar-refractivity contribution in [2.45, 2.75) is 26.2 Å². The predicted molar refractivity (Wildman–Crippen MR) is 106 cm³/mol. The molecule has 27 heavy (non-hydrogen) atoms. The van der Waals surface area contributed by atoms with E-state index in [4.69, 9.17) is 0 Å². The van der Waals surface area contributed by atoms with E-state index in [9.17, 15) is 4.79 Å². The van der Waals surface area contributed by atoms with Gasteiger partial charge in [-0.05, 0) is 43.7 Å². The lowest BCUT2D eigenvalue weighted by atomic mass is 9.90. The summed E-state index contributed by atoms with van der Waals surface area (Å²) in [5.74, 6) is 1.49. The van der Waals surface area contributed by atoms with E-state index >= 15 is 0 Å².